The van der Waals surface area contributed by atoms with Crippen LogP contribution in [0.5, 0.6) is 0 Å². The van der Waals surface area contributed by atoms with Crippen LogP contribution in [0.2, 0.25) is 0 Å². The summed E-state index contributed by atoms with van der Waals surface area (Å²) in [6.07, 6.45) is 1.84. The summed E-state index contributed by atoms with van der Waals surface area (Å²) in [7, 11) is 0. The number of hydrogen-bond donors (Lipinski definition) is 0. The minimum Gasteiger partial charge on any atom is -0.283 e. The molecular weight excluding hydrogens is 368 g/mol. The molecular formula is C23H18N2S2. The van der Waals surface area contributed by atoms with Crippen molar-refractivity contribution in [2.45, 2.75) is 5.75 Å². The second kappa shape index (κ2) is 8.33. The Kier molecular flexibility index (Phi) is 5.47. The topological polar surface area (TPSA) is 17.8 Å². The molecule has 4 aromatic rings. The molecule has 0 radical (unpaired) electrons. The van der Waals surface area contributed by atoms with E-state index in [1.165, 1.54) is 5.56 Å². The number of benzene rings is 3. The molecule has 0 aliphatic heterocycles. The Hall–Kier alpha value is -2.69. The molecule has 3 aromatic carbocycles. The normalized spacial score (nSPS) is 10.7. The average Bonchev–Trinajstić information content (AvgIpc) is 3.19. The van der Waals surface area contributed by atoms with Crippen LogP contribution in [-0.4, -0.2) is 13.9 Å². The van der Waals surface area contributed by atoms with E-state index in [4.69, 9.17) is 17.2 Å². The Morgan fingerprint density at radius 2 is 1.33 bits per heavy atom. The molecule has 0 aliphatic rings. The van der Waals surface area contributed by atoms with E-state index in [-0.39, 0.29) is 0 Å². The number of hydrogen-bond acceptors (Lipinski definition) is 3. The van der Waals surface area contributed by atoms with Crippen LogP contribution in [0.4, 0.5) is 0 Å². The van der Waals surface area contributed by atoms with Crippen LogP contribution in [0, 0.1) is 0 Å². The Bertz CT molecular complexity index is 1030. The summed E-state index contributed by atoms with van der Waals surface area (Å²) in [6.45, 7) is 0. The van der Waals surface area contributed by atoms with Crippen LogP contribution < -0.4 is 0 Å². The minimum absolute atomic E-state index is 0.799. The Labute approximate surface area is 168 Å². The lowest BCUT2D eigenvalue weighted by Crippen LogP contribution is -2.06. The molecule has 0 saturated heterocycles. The fourth-order valence-electron chi connectivity index (χ4n) is 2.95. The fraction of sp³-hybridized carbons (Fsp3) is 0.0435. The second-order valence-corrected chi connectivity index (χ2v) is 7.69. The van der Waals surface area contributed by atoms with Crippen molar-refractivity contribution in [1.82, 2.24) is 9.55 Å². The third-order valence-corrected chi connectivity index (χ3v) is 5.74. The molecule has 0 bridgehead atoms. The van der Waals surface area contributed by atoms with E-state index in [2.05, 4.69) is 48.5 Å². The van der Waals surface area contributed by atoms with Gasteiger partial charge in [0.1, 0.15) is 10.6 Å². The van der Waals surface area contributed by atoms with Gasteiger partial charge in [-0.05, 0) is 5.56 Å². The zero-order valence-electron chi connectivity index (χ0n) is 14.7. The molecule has 4 heteroatoms. The maximum atomic E-state index is 5.76. The van der Waals surface area contributed by atoms with Crippen molar-refractivity contribution in [1.29, 1.82) is 0 Å². The molecule has 0 spiro atoms. The average molecular weight is 387 g/mol. The van der Waals surface area contributed by atoms with Crippen molar-refractivity contribution in [2.24, 2.45) is 0 Å². The van der Waals surface area contributed by atoms with Gasteiger partial charge in [-0.15, -0.1) is 0 Å². The molecule has 0 saturated carbocycles. The van der Waals surface area contributed by atoms with Crippen LogP contribution in [0.3, 0.4) is 0 Å². The third-order valence-electron chi connectivity index (χ3n) is 4.26. The van der Waals surface area contributed by atoms with Crippen LogP contribution in [0.25, 0.3) is 22.5 Å². The maximum Gasteiger partial charge on any atom is 0.146 e. The molecule has 27 heavy (non-hydrogen) atoms. The Morgan fingerprint density at radius 3 is 1.96 bits per heavy atom. The molecule has 0 N–H and O–H groups in total. The lowest BCUT2D eigenvalue weighted by atomic mass is 10.1. The minimum atomic E-state index is 0.799. The lowest BCUT2D eigenvalue weighted by molar-refractivity contribution is 1.18. The number of nitrogens with zero attached hydrogens (tertiary/aromatic N) is 2. The summed E-state index contributed by atoms with van der Waals surface area (Å²) in [4.78, 5) is 4.70. The smallest absolute Gasteiger partial charge is 0.146 e. The first-order chi connectivity index (χ1) is 13.3. The Morgan fingerprint density at radius 1 is 0.778 bits per heavy atom. The van der Waals surface area contributed by atoms with Gasteiger partial charge in [0.2, 0.25) is 0 Å². The first-order valence-corrected chi connectivity index (χ1v) is 10.1. The summed E-state index contributed by atoms with van der Waals surface area (Å²) < 4.78 is 2.83. The quantitative estimate of drug-likeness (QED) is 0.384. The molecule has 4 rings (SSSR count). The van der Waals surface area contributed by atoms with Gasteiger partial charge in [-0.2, -0.15) is 0 Å². The van der Waals surface area contributed by atoms with Gasteiger partial charge < -0.3 is 0 Å². The summed E-state index contributed by atoms with van der Waals surface area (Å²) in [5, 5.41) is 0. The van der Waals surface area contributed by atoms with Crippen LogP contribution in [0.15, 0.2) is 97.3 Å². The molecule has 0 unspecified atom stereocenters. The predicted octanol–water partition coefficient (Wildman–Crippen LogP) is 6.28. The summed E-state index contributed by atoms with van der Waals surface area (Å²) in [5.74, 6) is 0.840. The highest BCUT2D eigenvalue weighted by Crippen LogP contribution is 2.32. The van der Waals surface area contributed by atoms with E-state index in [0.717, 1.165) is 32.6 Å². The third kappa shape index (κ3) is 4.02. The SMILES string of the molecule is S=C(SCc1ccccc1)n1cnc(-c2ccccc2)c1-c1ccccc1. The second-order valence-electron chi connectivity index (χ2n) is 6.08. The highest BCUT2D eigenvalue weighted by molar-refractivity contribution is 8.22. The zero-order chi connectivity index (χ0) is 18.5. The number of thiocarbonyl (C=S) groups is 1. The van der Waals surface area contributed by atoms with Crippen molar-refractivity contribution >= 4 is 28.3 Å². The van der Waals surface area contributed by atoms with Gasteiger partial charge >= 0.3 is 0 Å². The molecule has 0 amide bonds. The van der Waals surface area contributed by atoms with Crippen LogP contribution in [-0.2, 0) is 5.75 Å². The van der Waals surface area contributed by atoms with Crippen molar-refractivity contribution in [3.05, 3.63) is 103 Å². The van der Waals surface area contributed by atoms with E-state index < -0.39 is 0 Å². The van der Waals surface area contributed by atoms with Crippen LogP contribution >= 0.6 is 24.0 Å². The van der Waals surface area contributed by atoms with Crippen LogP contribution in [0.1, 0.15) is 5.56 Å². The number of aromatic nitrogens is 2. The standard InChI is InChI=1S/C23H18N2S2/c26-23(27-16-18-10-4-1-5-11-18)25-17-24-21(19-12-6-2-7-13-19)22(25)20-14-8-3-9-15-20/h1-15,17H,16H2. The summed E-state index contributed by atoms with van der Waals surface area (Å²) in [5.41, 5.74) is 5.44. The lowest BCUT2D eigenvalue weighted by Gasteiger charge is -2.11. The molecule has 0 fully saturated rings. The molecule has 1 aromatic heterocycles. The van der Waals surface area contributed by atoms with Crippen molar-refractivity contribution < 1.29 is 0 Å². The summed E-state index contributed by atoms with van der Waals surface area (Å²) in [6, 6.07) is 30.9. The van der Waals surface area contributed by atoms with Gasteiger partial charge in [0.15, 0.2) is 0 Å². The molecule has 2 nitrogen and oxygen atoms in total. The van der Waals surface area contributed by atoms with E-state index in [0.29, 0.717) is 0 Å². The molecule has 0 atom stereocenters. The highest BCUT2D eigenvalue weighted by Gasteiger charge is 2.17. The van der Waals surface area contributed by atoms with Crippen molar-refractivity contribution in [2.75, 3.05) is 0 Å². The van der Waals surface area contributed by atoms with Gasteiger partial charge in [-0.25, -0.2) is 4.98 Å². The van der Waals surface area contributed by atoms with E-state index in [9.17, 15) is 0 Å². The van der Waals surface area contributed by atoms with Gasteiger partial charge in [0, 0.05) is 16.9 Å². The predicted molar refractivity (Wildman–Crippen MR) is 119 cm³/mol. The number of thioether (sulfide) groups is 1. The van der Waals surface area contributed by atoms with Gasteiger partial charge in [0.25, 0.3) is 0 Å². The fourth-order valence-corrected chi connectivity index (χ4v) is 4.03. The van der Waals surface area contributed by atoms with Gasteiger partial charge in [-0.1, -0.05) is 115 Å². The highest BCUT2D eigenvalue weighted by atomic mass is 32.2. The van der Waals surface area contributed by atoms with E-state index >= 15 is 0 Å². The maximum absolute atomic E-state index is 5.76. The number of rotatable bonds is 4. The van der Waals surface area contributed by atoms with E-state index in [1.807, 2.05) is 53.4 Å². The first kappa shape index (κ1) is 17.7. The largest absolute Gasteiger partial charge is 0.283 e. The van der Waals surface area contributed by atoms with Gasteiger partial charge in [0.05, 0.1) is 11.4 Å². The van der Waals surface area contributed by atoms with Crippen molar-refractivity contribution in [3.63, 3.8) is 0 Å². The zero-order valence-corrected chi connectivity index (χ0v) is 16.3. The number of imidazole rings is 1. The molecule has 132 valence electrons. The first-order valence-electron chi connectivity index (χ1n) is 8.72. The monoisotopic (exact) mass is 386 g/mol. The summed E-state index contributed by atoms with van der Waals surface area (Å²) >= 11 is 7.41. The van der Waals surface area contributed by atoms with Gasteiger partial charge in [-0.3, -0.25) is 4.57 Å². The van der Waals surface area contributed by atoms with E-state index in [1.54, 1.807) is 11.8 Å². The Balaban J connectivity index is 1.70. The molecule has 1 heterocycles. The molecule has 0 aliphatic carbocycles. The van der Waals surface area contributed by atoms with Crippen molar-refractivity contribution in [3.8, 4) is 22.5 Å².